The Morgan fingerprint density at radius 2 is 1.84 bits per heavy atom. The summed E-state index contributed by atoms with van der Waals surface area (Å²) in [7, 11) is -6.00. The fourth-order valence-corrected chi connectivity index (χ4v) is 1.36. The highest BCUT2D eigenvalue weighted by Gasteiger charge is 2.20. The number of unbranched alkanes of at least 4 members (excludes halogenated alkanes) is 2. The van der Waals surface area contributed by atoms with Crippen LogP contribution in [0.25, 0.3) is 0 Å². The lowest BCUT2D eigenvalue weighted by molar-refractivity contribution is -0.590. The van der Waals surface area contributed by atoms with Gasteiger partial charge in [-0.2, -0.15) is 4.57 Å². The molecular formula is C12H19BF4N2. The minimum absolute atomic E-state index is 1.00. The molecule has 108 valence electrons. The van der Waals surface area contributed by atoms with Crippen LogP contribution in [0.1, 0.15) is 38.9 Å². The summed E-state index contributed by atoms with van der Waals surface area (Å²) in [6.07, 6.45) is 7.51. The number of hydrogen-bond acceptors (Lipinski definition) is 0. The van der Waals surface area contributed by atoms with Crippen molar-refractivity contribution in [3.05, 3.63) is 18.2 Å². The number of hydrogen-bond donors (Lipinski definition) is 0. The van der Waals surface area contributed by atoms with E-state index >= 15 is 0 Å². The number of halogens is 4. The van der Waals surface area contributed by atoms with Gasteiger partial charge in [0, 0.05) is 13.3 Å². The predicted molar refractivity (Wildman–Crippen MR) is 67.9 cm³/mol. The summed E-state index contributed by atoms with van der Waals surface area (Å²) in [5.41, 5.74) is 0. The van der Waals surface area contributed by atoms with Crippen LogP contribution in [-0.2, 0) is 6.54 Å². The van der Waals surface area contributed by atoms with Gasteiger partial charge in [0.1, 0.15) is 18.4 Å². The van der Waals surface area contributed by atoms with E-state index in [1.807, 2.05) is 10.8 Å². The maximum atomic E-state index is 9.75. The molecule has 19 heavy (non-hydrogen) atoms. The Labute approximate surface area is 111 Å². The first-order valence-corrected chi connectivity index (χ1v) is 6.23. The fraction of sp³-hybridized carbons (Fsp3) is 0.583. The third-order valence-electron chi connectivity index (χ3n) is 2.36. The van der Waals surface area contributed by atoms with Crippen molar-refractivity contribution < 1.29 is 21.8 Å². The molecular weight excluding hydrogens is 259 g/mol. The highest BCUT2D eigenvalue weighted by Crippen LogP contribution is 2.06. The lowest BCUT2D eigenvalue weighted by Gasteiger charge is -1.94. The number of aryl methyl sites for hydroxylation is 1. The topological polar surface area (TPSA) is 8.81 Å². The lowest BCUT2D eigenvalue weighted by Crippen LogP contribution is -2.30. The molecule has 1 aromatic heterocycles. The first-order chi connectivity index (χ1) is 8.79. The molecule has 0 aliphatic rings. The van der Waals surface area contributed by atoms with Crippen LogP contribution >= 0.6 is 0 Å². The quantitative estimate of drug-likeness (QED) is 0.263. The summed E-state index contributed by atoms with van der Waals surface area (Å²) in [4.78, 5) is 0. The summed E-state index contributed by atoms with van der Waals surface area (Å²) in [5, 5.41) is 0. The number of imidazole rings is 1. The van der Waals surface area contributed by atoms with E-state index in [0.29, 0.717) is 0 Å². The minimum Gasteiger partial charge on any atom is -0.418 e. The Morgan fingerprint density at radius 1 is 1.26 bits per heavy atom. The molecule has 0 N–H and O–H groups in total. The van der Waals surface area contributed by atoms with Crippen molar-refractivity contribution >= 4 is 7.25 Å². The zero-order chi connectivity index (χ0) is 14.9. The number of nitrogens with zero attached hydrogens (tertiary/aromatic N) is 2. The summed E-state index contributed by atoms with van der Waals surface area (Å²) >= 11 is 0. The van der Waals surface area contributed by atoms with E-state index in [4.69, 9.17) is 0 Å². The molecule has 0 atom stereocenters. The van der Waals surface area contributed by atoms with Gasteiger partial charge in [-0.15, -0.1) is 0 Å². The van der Waals surface area contributed by atoms with E-state index in [2.05, 4.69) is 43.5 Å². The number of rotatable bonds is 3. The third kappa shape index (κ3) is 9.17. The van der Waals surface area contributed by atoms with Crippen LogP contribution in [0.4, 0.5) is 17.3 Å². The molecule has 0 radical (unpaired) electrons. The van der Waals surface area contributed by atoms with Crippen LogP contribution in [0.3, 0.4) is 0 Å². The second kappa shape index (κ2) is 8.62. The molecule has 0 aliphatic heterocycles. The van der Waals surface area contributed by atoms with Crippen LogP contribution < -0.4 is 4.57 Å². The maximum absolute atomic E-state index is 9.75. The van der Waals surface area contributed by atoms with E-state index in [1.165, 1.54) is 18.7 Å². The molecule has 0 aromatic carbocycles. The summed E-state index contributed by atoms with van der Waals surface area (Å²) in [6.45, 7) is 7.43. The van der Waals surface area contributed by atoms with Crippen LogP contribution in [-0.4, -0.2) is 11.8 Å². The predicted octanol–water partition coefficient (Wildman–Crippen LogP) is 3.40. The molecule has 1 heterocycles. The normalized spacial score (nSPS) is 10.3. The van der Waals surface area contributed by atoms with Gasteiger partial charge in [-0.1, -0.05) is 19.3 Å². The Bertz CT molecular complexity index is 423. The van der Waals surface area contributed by atoms with Crippen molar-refractivity contribution in [3.8, 4) is 12.0 Å². The standard InChI is InChI=1S/C12H19N2.BF4/c1-4-6-7-8-9-14-11-10-13(5-2)12(14)3;2-1(3,4)5/h10-11H,4-7H2,1-3H3;/q+1;-1. The zero-order valence-corrected chi connectivity index (χ0v) is 11.5. The van der Waals surface area contributed by atoms with Crippen molar-refractivity contribution in [1.29, 1.82) is 0 Å². The third-order valence-corrected chi connectivity index (χ3v) is 2.36. The van der Waals surface area contributed by atoms with Gasteiger partial charge in [-0.3, -0.25) is 0 Å². The van der Waals surface area contributed by atoms with E-state index in [0.717, 1.165) is 13.0 Å². The van der Waals surface area contributed by atoms with Crippen molar-refractivity contribution in [1.82, 2.24) is 4.57 Å². The second-order valence-corrected chi connectivity index (χ2v) is 3.89. The largest absolute Gasteiger partial charge is 0.673 e. The van der Waals surface area contributed by atoms with Crippen molar-refractivity contribution in [3.63, 3.8) is 0 Å². The average molecular weight is 278 g/mol. The highest BCUT2D eigenvalue weighted by molar-refractivity contribution is 6.50. The van der Waals surface area contributed by atoms with E-state index < -0.39 is 7.25 Å². The van der Waals surface area contributed by atoms with E-state index in [9.17, 15) is 17.3 Å². The van der Waals surface area contributed by atoms with Gasteiger partial charge in [0.25, 0.3) is 5.82 Å². The van der Waals surface area contributed by atoms with Crippen LogP contribution in [0, 0.1) is 18.9 Å². The molecule has 0 fully saturated rings. The molecule has 0 saturated heterocycles. The number of aromatic nitrogens is 2. The molecule has 1 rings (SSSR count). The van der Waals surface area contributed by atoms with Gasteiger partial charge in [0.2, 0.25) is 0 Å². The van der Waals surface area contributed by atoms with Gasteiger partial charge < -0.3 is 17.3 Å². The second-order valence-electron chi connectivity index (χ2n) is 3.89. The van der Waals surface area contributed by atoms with Crippen LogP contribution in [0.15, 0.2) is 12.4 Å². The average Bonchev–Trinajstić information content (AvgIpc) is 2.64. The smallest absolute Gasteiger partial charge is 0.418 e. The SMILES string of the molecule is CCCCC#C[n+]1ccn(CC)c1C.F[B-](F)(F)F. The minimum atomic E-state index is -6.00. The summed E-state index contributed by atoms with van der Waals surface area (Å²) in [6, 6.07) is 3.15. The molecule has 1 aromatic rings. The summed E-state index contributed by atoms with van der Waals surface area (Å²) < 4.78 is 43.2. The Hall–Kier alpha value is -1.45. The molecule has 7 heteroatoms. The summed E-state index contributed by atoms with van der Waals surface area (Å²) in [5.74, 6) is 4.39. The maximum Gasteiger partial charge on any atom is 0.673 e. The molecule has 2 nitrogen and oxygen atoms in total. The van der Waals surface area contributed by atoms with Crippen molar-refractivity contribution in [2.24, 2.45) is 0 Å². The fourth-order valence-electron chi connectivity index (χ4n) is 1.36. The molecule has 0 spiro atoms. The zero-order valence-electron chi connectivity index (χ0n) is 11.5. The molecule has 0 aliphatic carbocycles. The molecule has 0 bridgehead atoms. The van der Waals surface area contributed by atoms with Gasteiger partial charge in [-0.25, -0.2) is 4.57 Å². The first kappa shape index (κ1) is 17.6. The Balaban J connectivity index is 0.000000555. The van der Waals surface area contributed by atoms with Gasteiger partial charge in [0.15, 0.2) is 0 Å². The highest BCUT2D eigenvalue weighted by atomic mass is 19.5. The van der Waals surface area contributed by atoms with Gasteiger partial charge >= 0.3 is 7.25 Å². The van der Waals surface area contributed by atoms with Gasteiger partial charge in [-0.05, 0) is 13.3 Å². The van der Waals surface area contributed by atoms with Crippen molar-refractivity contribution in [2.75, 3.05) is 0 Å². The molecule has 0 unspecified atom stereocenters. The first-order valence-electron chi connectivity index (χ1n) is 6.23. The van der Waals surface area contributed by atoms with E-state index in [-0.39, 0.29) is 0 Å². The molecule has 0 saturated carbocycles. The Morgan fingerprint density at radius 3 is 2.26 bits per heavy atom. The Kier molecular flexibility index (Phi) is 7.97. The van der Waals surface area contributed by atoms with Crippen LogP contribution in [0.2, 0.25) is 0 Å². The van der Waals surface area contributed by atoms with E-state index in [1.54, 1.807) is 0 Å². The monoisotopic (exact) mass is 278 g/mol. The molecule has 0 amide bonds. The lowest BCUT2D eigenvalue weighted by atomic mass is 10.3. The van der Waals surface area contributed by atoms with Crippen LogP contribution in [0.5, 0.6) is 0 Å². The van der Waals surface area contributed by atoms with Crippen molar-refractivity contribution in [2.45, 2.75) is 46.6 Å². The van der Waals surface area contributed by atoms with Gasteiger partial charge in [0.05, 0.1) is 6.54 Å².